The third kappa shape index (κ3) is 5.01. The molecule has 126 valence electrons. The van der Waals surface area contributed by atoms with Crippen LogP contribution in [-0.2, 0) is 13.1 Å². The molecule has 1 atom stereocenters. The lowest BCUT2D eigenvalue weighted by Crippen LogP contribution is -2.34. The molecule has 3 rings (SSSR count). The minimum absolute atomic E-state index is 0.233. The molecule has 2 heterocycles. The summed E-state index contributed by atoms with van der Waals surface area (Å²) in [6, 6.07) is 17.0. The van der Waals surface area contributed by atoms with Gasteiger partial charge in [0.25, 0.3) is 0 Å². The lowest BCUT2D eigenvalue weighted by molar-refractivity contribution is 0.0580. The number of hydrogen-bond donors (Lipinski definition) is 1. The van der Waals surface area contributed by atoms with Crippen LogP contribution in [0.25, 0.3) is 0 Å². The Morgan fingerprint density at radius 3 is 2.04 bits per heavy atom. The highest BCUT2D eigenvalue weighted by atomic mass is 16.5. The van der Waals surface area contributed by atoms with Crippen LogP contribution in [0, 0.1) is 0 Å². The molecule has 0 aliphatic carbocycles. The largest absolute Gasteiger partial charge is 0.491 e. The molecule has 0 fully saturated rings. The number of para-hydroxylation sites is 1. The van der Waals surface area contributed by atoms with Gasteiger partial charge in [0, 0.05) is 6.54 Å². The summed E-state index contributed by atoms with van der Waals surface area (Å²) in [5.41, 5.74) is 0. The second-order valence-electron chi connectivity index (χ2n) is 5.61. The maximum absolute atomic E-state index is 10.3. The summed E-state index contributed by atoms with van der Waals surface area (Å²) in [5.74, 6) is 2.44. The second kappa shape index (κ2) is 8.38. The van der Waals surface area contributed by atoms with Gasteiger partial charge >= 0.3 is 0 Å². The van der Waals surface area contributed by atoms with Crippen molar-refractivity contribution in [1.82, 2.24) is 4.90 Å². The Kier molecular flexibility index (Phi) is 5.71. The van der Waals surface area contributed by atoms with E-state index >= 15 is 0 Å². The minimum atomic E-state index is -0.616. The Bertz CT molecular complexity index is 643. The smallest absolute Gasteiger partial charge is 0.119 e. The van der Waals surface area contributed by atoms with Crippen LogP contribution in [0.5, 0.6) is 5.75 Å². The highest BCUT2D eigenvalue weighted by molar-refractivity contribution is 5.20. The van der Waals surface area contributed by atoms with Crippen LogP contribution in [0.3, 0.4) is 0 Å². The number of hydrogen-bond acceptors (Lipinski definition) is 5. The molecule has 0 saturated carbocycles. The van der Waals surface area contributed by atoms with E-state index in [0.29, 0.717) is 19.6 Å². The molecule has 24 heavy (non-hydrogen) atoms. The number of rotatable bonds is 9. The fourth-order valence-corrected chi connectivity index (χ4v) is 2.49. The zero-order valence-electron chi connectivity index (χ0n) is 13.4. The molecule has 3 aromatic rings. The van der Waals surface area contributed by atoms with E-state index in [4.69, 9.17) is 13.6 Å². The molecule has 0 aliphatic rings. The Hall–Kier alpha value is -2.50. The molecule has 0 unspecified atom stereocenters. The molecule has 5 heteroatoms. The van der Waals surface area contributed by atoms with Gasteiger partial charge in [-0.05, 0) is 36.4 Å². The van der Waals surface area contributed by atoms with Crippen molar-refractivity contribution < 1.29 is 18.7 Å². The van der Waals surface area contributed by atoms with Crippen LogP contribution in [0.4, 0.5) is 0 Å². The van der Waals surface area contributed by atoms with Crippen molar-refractivity contribution in [3.05, 3.63) is 78.6 Å². The third-order valence-corrected chi connectivity index (χ3v) is 3.57. The SMILES string of the molecule is O[C@H](COc1ccccc1)CN(Cc1ccco1)Cc1ccco1. The third-order valence-electron chi connectivity index (χ3n) is 3.57. The first-order chi connectivity index (χ1) is 11.8. The topological polar surface area (TPSA) is 59.0 Å². The molecule has 0 spiro atoms. The second-order valence-corrected chi connectivity index (χ2v) is 5.61. The van der Waals surface area contributed by atoms with Gasteiger partial charge in [-0.2, -0.15) is 0 Å². The number of nitrogens with zero attached hydrogens (tertiary/aromatic N) is 1. The van der Waals surface area contributed by atoms with Crippen molar-refractivity contribution in [1.29, 1.82) is 0 Å². The van der Waals surface area contributed by atoms with E-state index in [-0.39, 0.29) is 6.61 Å². The van der Waals surface area contributed by atoms with Gasteiger partial charge in [0.2, 0.25) is 0 Å². The predicted molar refractivity (Wildman–Crippen MR) is 89.5 cm³/mol. The lowest BCUT2D eigenvalue weighted by atomic mass is 10.3. The van der Waals surface area contributed by atoms with Crippen molar-refractivity contribution in [2.24, 2.45) is 0 Å². The van der Waals surface area contributed by atoms with Gasteiger partial charge in [0.15, 0.2) is 0 Å². The number of aliphatic hydroxyl groups is 1. The first-order valence-corrected chi connectivity index (χ1v) is 7.92. The number of benzene rings is 1. The van der Waals surface area contributed by atoms with Crippen LogP contribution >= 0.6 is 0 Å². The summed E-state index contributed by atoms with van der Waals surface area (Å²) in [5, 5.41) is 10.3. The summed E-state index contributed by atoms with van der Waals surface area (Å²) in [7, 11) is 0. The first kappa shape index (κ1) is 16.4. The average Bonchev–Trinajstić information content (AvgIpc) is 3.28. The van der Waals surface area contributed by atoms with E-state index in [1.165, 1.54) is 0 Å². The Balaban J connectivity index is 1.55. The highest BCUT2D eigenvalue weighted by Crippen LogP contribution is 2.13. The van der Waals surface area contributed by atoms with Gasteiger partial charge in [-0.15, -0.1) is 0 Å². The molecular weight excluding hydrogens is 306 g/mol. The van der Waals surface area contributed by atoms with Gasteiger partial charge in [0.05, 0.1) is 25.6 Å². The van der Waals surface area contributed by atoms with Gasteiger partial charge < -0.3 is 18.7 Å². The summed E-state index contributed by atoms with van der Waals surface area (Å²) < 4.78 is 16.4. The Labute approximate surface area is 141 Å². The van der Waals surface area contributed by atoms with E-state index < -0.39 is 6.10 Å². The van der Waals surface area contributed by atoms with Crippen LogP contribution in [0.2, 0.25) is 0 Å². The fourth-order valence-electron chi connectivity index (χ4n) is 2.49. The normalized spacial score (nSPS) is 12.4. The van der Waals surface area contributed by atoms with E-state index in [1.807, 2.05) is 54.6 Å². The molecule has 0 aliphatic heterocycles. The number of ether oxygens (including phenoxy) is 1. The van der Waals surface area contributed by atoms with E-state index in [1.54, 1.807) is 12.5 Å². The summed E-state index contributed by atoms with van der Waals surface area (Å²) in [6.07, 6.45) is 2.68. The molecular formula is C19H21NO4. The van der Waals surface area contributed by atoms with Gasteiger partial charge in [-0.3, -0.25) is 4.90 Å². The molecule has 5 nitrogen and oxygen atoms in total. The predicted octanol–water partition coefficient (Wildman–Crippen LogP) is 3.31. The minimum Gasteiger partial charge on any atom is -0.491 e. The van der Waals surface area contributed by atoms with Crippen LogP contribution in [-0.4, -0.2) is 29.3 Å². The van der Waals surface area contributed by atoms with Crippen molar-refractivity contribution in [2.75, 3.05) is 13.2 Å². The molecule has 0 saturated heterocycles. The van der Waals surface area contributed by atoms with E-state index in [9.17, 15) is 5.11 Å². The van der Waals surface area contributed by atoms with E-state index in [0.717, 1.165) is 17.3 Å². The number of furan rings is 2. The summed E-state index contributed by atoms with van der Waals surface area (Å²) >= 11 is 0. The zero-order chi connectivity index (χ0) is 16.6. The Morgan fingerprint density at radius 2 is 1.50 bits per heavy atom. The van der Waals surface area contributed by atoms with Crippen molar-refractivity contribution in [2.45, 2.75) is 19.2 Å². The summed E-state index contributed by atoms with van der Waals surface area (Å²) in [4.78, 5) is 2.07. The molecule has 2 aromatic heterocycles. The van der Waals surface area contributed by atoms with Gasteiger partial charge in [0.1, 0.15) is 30.0 Å². The maximum Gasteiger partial charge on any atom is 0.119 e. The lowest BCUT2D eigenvalue weighted by Gasteiger charge is -2.23. The van der Waals surface area contributed by atoms with Gasteiger partial charge in [-0.1, -0.05) is 18.2 Å². The first-order valence-electron chi connectivity index (χ1n) is 7.92. The van der Waals surface area contributed by atoms with Crippen LogP contribution < -0.4 is 4.74 Å². The van der Waals surface area contributed by atoms with Gasteiger partial charge in [-0.25, -0.2) is 0 Å². The maximum atomic E-state index is 10.3. The summed E-state index contributed by atoms with van der Waals surface area (Å²) in [6.45, 7) is 1.87. The number of aliphatic hydroxyl groups excluding tert-OH is 1. The zero-order valence-corrected chi connectivity index (χ0v) is 13.4. The van der Waals surface area contributed by atoms with Crippen LogP contribution in [0.15, 0.2) is 76.0 Å². The van der Waals surface area contributed by atoms with Crippen molar-refractivity contribution in [3.63, 3.8) is 0 Å². The Morgan fingerprint density at radius 1 is 0.875 bits per heavy atom. The standard InChI is InChI=1S/C19H21NO4/c21-16(15-24-17-6-2-1-3-7-17)12-20(13-18-8-4-10-22-18)14-19-9-5-11-23-19/h1-11,16,21H,12-15H2/t16-/m0/s1. The highest BCUT2D eigenvalue weighted by Gasteiger charge is 2.16. The molecule has 1 N–H and O–H groups in total. The monoisotopic (exact) mass is 327 g/mol. The van der Waals surface area contributed by atoms with Crippen LogP contribution in [0.1, 0.15) is 11.5 Å². The van der Waals surface area contributed by atoms with Crippen molar-refractivity contribution >= 4 is 0 Å². The average molecular weight is 327 g/mol. The quantitative estimate of drug-likeness (QED) is 0.653. The van der Waals surface area contributed by atoms with Crippen molar-refractivity contribution in [3.8, 4) is 5.75 Å². The molecule has 0 amide bonds. The fraction of sp³-hybridized carbons (Fsp3) is 0.263. The molecule has 1 aromatic carbocycles. The molecule has 0 bridgehead atoms. The molecule has 0 radical (unpaired) electrons. The van der Waals surface area contributed by atoms with E-state index in [2.05, 4.69) is 4.90 Å².